The van der Waals surface area contributed by atoms with Gasteiger partial charge in [0.15, 0.2) is 0 Å². The monoisotopic (exact) mass is 738 g/mol. The zero-order valence-corrected chi connectivity index (χ0v) is 35.9. The van der Waals surface area contributed by atoms with Crippen LogP contribution in [-0.2, 0) is 0 Å². The van der Waals surface area contributed by atoms with Crippen molar-refractivity contribution < 1.29 is 10.2 Å². The number of rotatable bonds is 40. The normalized spacial score (nSPS) is 15.7. The Morgan fingerprint density at radius 1 is 0.462 bits per heavy atom. The van der Waals surface area contributed by atoms with E-state index in [0.717, 1.165) is 84.6 Å². The number of aliphatic hydroxyl groups is 2. The maximum Gasteiger partial charge on any atom is 0.0667 e. The van der Waals surface area contributed by atoms with Gasteiger partial charge in [0.25, 0.3) is 0 Å². The summed E-state index contributed by atoms with van der Waals surface area (Å²) in [6, 6.07) is 0. The van der Waals surface area contributed by atoms with E-state index in [1.807, 2.05) is 0 Å². The van der Waals surface area contributed by atoms with Crippen molar-refractivity contribution in [2.45, 2.75) is 200 Å². The second kappa shape index (κ2) is 37.6. The minimum absolute atomic E-state index is 0.234. The molecule has 3 N–H and O–H groups in total. The molecule has 0 aliphatic carbocycles. The summed E-state index contributed by atoms with van der Waals surface area (Å²) in [4.78, 5) is 10.1. The van der Waals surface area contributed by atoms with E-state index in [9.17, 15) is 10.2 Å². The first kappa shape index (κ1) is 49.7. The molecule has 1 aliphatic rings. The lowest BCUT2D eigenvalue weighted by atomic mass is 10.1. The fourth-order valence-corrected chi connectivity index (χ4v) is 7.83. The summed E-state index contributed by atoms with van der Waals surface area (Å²) in [5.74, 6) is 0. The van der Waals surface area contributed by atoms with E-state index in [1.54, 1.807) is 0 Å². The predicted octanol–water partition coefficient (Wildman–Crippen LogP) is 9.35. The van der Waals surface area contributed by atoms with Gasteiger partial charge in [-0.25, -0.2) is 0 Å². The summed E-state index contributed by atoms with van der Waals surface area (Å²) in [5.41, 5.74) is 0. The van der Waals surface area contributed by atoms with E-state index in [0.29, 0.717) is 0 Å². The van der Waals surface area contributed by atoms with Gasteiger partial charge in [-0.05, 0) is 32.9 Å². The van der Waals surface area contributed by atoms with Gasteiger partial charge in [-0.2, -0.15) is 0 Å². The third-order valence-corrected chi connectivity index (χ3v) is 11.6. The maximum absolute atomic E-state index is 11.1. The largest absolute Gasteiger partial charge is 0.392 e. The van der Waals surface area contributed by atoms with Crippen molar-refractivity contribution in [2.24, 2.45) is 0 Å². The molecule has 0 spiro atoms. The molecular formula is C45H95N5O2. The molecule has 0 radical (unpaired) electrons. The molecule has 1 saturated heterocycles. The molecular weight excluding hydrogens is 643 g/mol. The first-order chi connectivity index (χ1) is 25.5. The van der Waals surface area contributed by atoms with Gasteiger partial charge in [0, 0.05) is 78.5 Å². The summed E-state index contributed by atoms with van der Waals surface area (Å²) in [6.45, 7) is 20.5. The van der Waals surface area contributed by atoms with Gasteiger partial charge in [-0.1, -0.05) is 168 Å². The van der Waals surface area contributed by atoms with Gasteiger partial charge >= 0.3 is 0 Å². The van der Waals surface area contributed by atoms with Gasteiger partial charge in [0.05, 0.1) is 12.2 Å². The highest BCUT2D eigenvalue weighted by Crippen LogP contribution is 2.13. The maximum atomic E-state index is 11.1. The fourth-order valence-electron chi connectivity index (χ4n) is 7.83. The van der Waals surface area contributed by atoms with E-state index < -0.39 is 0 Å². The quantitative estimate of drug-likeness (QED) is 0.0542. The van der Waals surface area contributed by atoms with Crippen molar-refractivity contribution in [1.82, 2.24) is 24.9 Å². The molecule has 2 unspecified atom stereocenters. The lowest BCUT2D eigenvalue weighted by Crippen LogP contribution is -2.50. The molecule has 1 rings (SSSR count). The molecule has 7 heteroatoms. The first-order valence-electron chi connectivity index (χ1n) is 23.4. The van der Waals surface area contributed by atoms with Gasteiger partial charge in [0.2, 0.25) is 0 Å². The Hall–Kier alpha value is -0.280. The van der Waals surface area contributed by atoms with Crippen LogP contribution in [0.3, 0.4) is 0 Å². The Morgan fingerprint density at radius 2 is 0.865 bits per heavy atom. The summed E-state index contributed by atoms with van der Waals surface area (Å²) in [5, 5.41) is 25.5. The SMILES string of the molecule is CCCCCCCCCCNCCN1CCN(CCN(CCN(C)CC(O)CCCCCCCCCC)CC(O)CCCCCCCCCC)CC1. The number of nitrogens with one attached hydrogen (secondary N) is 1. The molecule has 0 aromatic rings. The van der Waals surface area contributed by atoms with Crippen molar-refractivity contribution in [3.63, 3.8) is 0 Å². The van der Waals surface area contributed by atoms with Crippen LogP contribution in [0, 0.1) is 0 Å². The molecule has 0 bridgehead atoms. The van der Waals surface area contributed by atoms with Crippen molar-refractivity contribution in [1.29, 1.82) is 0 Å². The van der Waals surface area contributed by atoms with Crippen LogP contribution >= 0.6 is 0 Å². The third-order valence-electron chi connectivity index (χ3n) is 11.6. The standard InChI is InChI=1S/C45H95N5O2/c1-5-8-11-14-17-20-23-26-29-44(51)42-47(4)34-35-50(43-45(52)30-27-24-21-18-15-12-9-6-2)41-40-49-38-36-48(37-39-49)33-32-46-31-28-25-22-19-16-13-10-7-3/h44-46,51-52H,5-43H2,1-4H3. The van der Waals surface area contributed by atoms with E-state index in [-0.39, 0.29) is 12.2 Å². The van der Waals surface area contributed by atoms with Gasteiger partial charge in [-0.15, -0.1) is 0 Å². The molecule has 312 valence electrons. The minimum Gasteiger partial charge on any atom is -0.392 e. The summed E-state index contributed by atoms with van der Waals surface area (Å²) >= 11 is 0. The van der Waals surface area contributed by atoms with E-state index in [2.05, 4.69) is 52.7 Å². The summed E-state index contributed by atoms with van der Waals surface area (Å²) in [7, 11) is 2.16. The van der Waals surface area contributed by atoms with Crippen molar-refractivity contribution in [3.8, 4) is 0 Å². The second-order valence-corrected chi connectivity index (χ2v) is 16.8. The lowest BCUT2D eigenvalue weighted by Gasteiger charge is -2.36. The minimum atomic E-state index is -0.242. The summed E-state index contributed by atoms with van der Waals surface area (Å²) < 4.78 is 0. The number of unbranched alkanes of at least 4 members (excludes halogenated alkanes) is 21. The first-order valence-corrected chi connectivity index (χ1v) is 23.4. The smallest absolute Gasteiger partial charge is 0.0667 e. The third kappa shape index (κ3) is 32.0. The van der Waals surface area contributed by atoms with E-state index >= 15 is 0 Å². The fraction of sp³-hybridized carbons (Fsp3) is 1.00. The molecule has 1 heterocycles. The molecule has 2 atom stereocenters. The Bertz CT molecular complexity index is 707. The Kier molecular flexibility index (Phi) is 36.0. The summed E-state index contributed by atoms with van der Waals surface area (Å²) in [6.07, 6.45) is 33.5. The second-order valence-electron chi connectivity index (χ2n) is 16.8. The highest BCUT2D eigenvalue weighted by Gasteiger charge is 2.19. The number of hydrogen-bond donors (Lipinski definition) is 3. The lowest BCUT2D eigenvalue weighted by molar-refractivity contribution is 0.0722. The molecule has 1 aliphatic heterocycles. The zero-order valence-electron chi connectivity index (χ0n) is 35.9. The molecule has 0 aromatic heterocycles. The number of piperazine rings is 1. The van der Waals surface area contributed by atoms with Crippen LogP contribution in [0.25, 0.3) is 0 Å². The number of nitrogens with zero attached hydrogens (tertiary/aromatic N) is 4. The van der Waals surface area contributed by atoms with E-state index in [1.165, 1.54) is 167 Å². The molecule has 0 saturated carbocycles. The van der Waals surface area contributed by atoms with Crippen LogP contribution in [0.5, 0.6) is 0 Å². The highest BCUT2D eigenvalue weighted by molar-refractivity contribution is 4.76. The topological polar surface area (TPSA) is 65.5 Å². The molecule has 0 amide bonds. The highest BCUT2D eigenvalue weighted by atomic mass is 16.3. The zero-order chi connectivity index (χ0) is 37.7. The van der Waals surface area contributed by atoms with Gasteiger partial charge in [-0.3, -0.25) is 14.7 Å². The van der Waals surface area contributed by atoms with Crippen LogP contribution in [0.4, 0.5) is 0 Å². The average molecular weight is 738 g/mol. The Morgan fingerprint density at radius 3 is 1.35 bits per heavy atom. The van der Waals surface area contributed by atoms with Crippen LogP contribution in [0.1, 0.15) is 188 Å². The predicted molar refractivity (Wildman–Crippen MR) is 229 cm³/mol. The van der Waals surface area contributed by atoms with Gasteiger partial charge < -0.3 is 20.4 Å². The van der Waals surface area contributed by atoms with Crippen molar-refractivity contribution in [3.05, 3.63) is 0 Å². The number of likely N-dealkylation sites (N-methyl/N-ethyl adjacent to an activating group) is 1. The van der Waals surface area contributed by atoms with Crippen LogP contribution < -0.4 is 5.32 Å². The van der Waals surface area contributed by atoms with E-state index in [4.69, 9.17) is 0 Å². The van der Waals surface area contributed by atoms with Crippen molar-refractivity contribution in [2.75, 3.05) is 92.1 Å². The van der Waals surface area contributed by atoms with Crippen molar-refractivity contribution >= 4 is 0 Å². The number of hydrogen-bond acceptors (Lipinski definition) is 7. The van der Waals surface area contributed by atoms with Crippen LogP contribution in [-0.4, -0.2) is 134 Å². The molecule has 52 heavy (non-hydrogen) atoms. The molecule has 7 nitrogen and oxygen atoms in total. The number of aliphatic hydroxyl groups excluding tert-OH is 2. The van der Waals surface area contributed by atoms with Gasteiger partial charge in [0.1, 0.15) is 0 Å². The average Bonchev–Trinajstić information content (AvgIpc) is 3.14. The Balaban J connectivity index is 2.34. The molecule has 0 aromatic carbocycles. The Labute approximate surface area is 326 Å². The van der Waals surface area contributed by atoms with Crippen LogP contribution in [0.15, 0.2) is 0 Å². The van der Waals surface area contributed by atoms with Crippen LogP contribution in [0.2, 0.25) is 0 Å². The molecule has 1 fully saturated rings.